The number of aromatic nitrogens is 1. The molecule has 0 unspecified atom stereocenters. The summed E-state index contributed by atoms with van der Waals surface area (Å²) in [7, 11) is 0. The van der Waals surface area contributed by atoms with E-state index in [4.69, 9.17) is 0 Å². The summed E-state index contributed by atoms with van der Waals surface area (Å²) in [6.07, 6.45) is 6.17. The Hall–Kier alpha value is -1.41. The van der Waals surface area contributed by atoms with Crippen LogP contribution in [-0.2, 0) is 0 Å². The Kier molecular flexibility index (Phi) is 2.53. The second-order valence-electron chi connectivity index (χ2n) is 2.70. The molecule has 0 N–H and O–H groups in total. The molecule has 64 valence electrons. The summed E-state index contributed by atoms with van der Waals surface area (Å²) in [5.41, 5.74) is 3.28. The number of benzene rings is 1. The van der Waals surface area contributed by atoms with Crippen molar-refractivity contribution in [2.24, 2.45) is 0 Å². The van der Waals surface area contributed by atoms with E-state index in [1.807, 2.05) is 35.2 Å². The summed E-state index contributed by atoms with van der Waals surface area (Å²) in [4.78, 5) is 0. The lowest BCUT2D eigenvalue weighted by Gasteiger charge is -1.87. The molecular formula is C11H10NS+. The van der Waals surface area contributed by atoms with Gasteiger partial charge >= 0.3 is 0 Å². The predicted molar refractivity (Wildman–Crippen MR) is 56.2 cm³/mol. The fraction of sp³-hybridized carbons (Fsp3) is 0. The van der Waals surface area contributed by atoms with E-state index in [9.17, 15) is 0 Å². The molecule has 2 rings (SSSR count). The van der Waals surface area contributed by atoms with E-state index >= 15 is 0 Å². The highest BCUT2D eigenvalue weighted by atomic mass is 32.1. The highest BCUT2D eigenvalue weighted by Crippen LogP contribution is 2.00. The maximum absolute atomic E-state index is 2.09. The van der Waals surface area contributed by atoms with Crippen molar-refractivity contribution >= 4 is 23.6 Å². The van der Waals surface area contributed by atoms with Gasteiger partial charge in [0.25, 0.3) is 0 Å². The molecule has 1 aromatic carbocycles. The Labute approximate surface area is 81.6 Å². The standard InChI is InChI=1S/C11H10NS/c1-2-4-11(5-3-1)6-7-12-8-9-13-10-12/h1-10H/q+1/b7-6+. The summed E-state index contributed by atoms with van der Waals surface area (Å²) in [5.74, 6) is 0. The van der Waals surface area contributed by atoms with Gasteiger partial charge in [0.15, 0.2) is 12.4 Å². The summed E-state index contributed by atoms with van der Waals surface area (Å²) in [5, 5.41) is 2.05. The average Bonchev–Trinajstić information content (AvgIpc) is 2.69. The largest absolute Gasteiger partial charge is 0.230 e. The zero-order chi connectivity index (χ0) is 8.93. The molecule has 0 radical (unpaired) electrons. The first kappa shape index (κ1) is 8.20. The fourth-order valence-corrected chi connectivity index (χ4v) is 1.63. The van der Waals surface area contributed by atoms with Gasteiger partial charge in [-0.3, -0.25) is 0 Å². The summed E-state index contributed by atoms with van der Waals surface area (Å²) in [6.45, 7) is 0. The van der Waals surface area contributed by atoms with Crippen molar-refractivity contribution in [2.45, 2.75) is 0 Å². The van der Waals surface area contributed by atoms with Gasteiger partial charge in [-0.25, -0.2) is 0 Å². The van der Waals surface area contributed by atoms with E-state index in [0.29, 0.717) is 0 Å². The van der Waals surface area contributed by atoms with E-state index in [1.54, 1.807) is 11.3 Å². The second kappa shape index (κ2) is 4.01. The van der Waals surface area contributed by atoms with Crippen LogP contribution in [0.15, 0.2) is 47.4 Å². The SMILES string of the molecule is C(=C\[n+]1ccsc1)/c1ccccc1. The molecule has 1 heterocycles. The van der Waals surface area contributed by atoms with E-state index in [2.05, 4.69) is 29.1 Å². The third kappa shape index (κ3) is 2.26. The molecule has 0 aliphatic rings. The molecule has 0 bridgehead atoms. The topological polar surface area (TPSA) is 3.88 Å². The van der Waals surface area contributed by atoms with Crippen molar-refractivity contribution in [2.75, 3.05) is 0 Å². The second-order valence-corrected chi connectivity index (χ2v) is 3.46. The molecule has 1 nitrogen and oxygen atoms in total. The Balaban J connectivity index is 2.15. The molecule has 2 heteroatoms. The van der Waals surface area contributed by atoms with E-state index in [-0.39, 0.29) is 0 Å². The van der Waals surface area contributed by atoms with Crippen LogP contribution in [-0.4, -0.2) is 0 Å². The number of thiazole rings is 1. The van der Waals surface area contributed by atoms with E-state index in [0.717, 1.165) is 0 Å². The van der Waals surface area contributed by atoms with Crippen molar-refractivity contribution in [1.29, 1.82) is 0 Å². The van der Waals surface area contributed by atoms with Crippen molar-refractivity contribution in [3.05, 3.63) is 53.0 Å². The minimum atomic E-state index is 1.22. The molecule has 0 spiro atoms. The van der Waals surface area contributed by atoms with Gasteiger partial charge in [0, 0.05) is 6.08 Å². The lowest BCUT2D eigenvalue weighted by Crippen LogP contribution is -2.19. The van der Waals surface area contributed by atoms with Crippen LogP contribution in [0.25, 0.3) is 12.3 Å². The van der Waals surface area contributed by atoms with Gasteiger partial charge in [-0.2, -0.15) is 4.57 Å². The maximum Gasteiger partial charge on any atom is 0.230 e. The van der Waals surface area contributed by atoms with Gasteiger partial charge < -0.3 is 0 Å². The van der Waals surface area contributed by atoms with E-state index in [1.165, 1.54) is 5.56 Å². The van der Waals surface area contributed by atoms with Gasteiger partial charge in [0.05, 0.1) is 5.38 Å². The summed E-state index contributed by atoms with van der Waals surface area (Å²) >= 11 is 1.69. The van der Waals surface area contributed by atoms with Crippen molar-refractivity contribution < 1.29 is 4.57 Å². The van der Waals surface area contributed by atoms with Crippen molar-refractivity contribution in [1.82, 2.24) is 0 Å². The first-order valence-electron chi connectivity index (χ1n) is 4.11. The number of hydrogen-bond donors (Lipinski definition) is 0. The third-order valence-electron chi connectivity index (χ3n) is 1.73. The van der Waals surface area contributed by atoms with Gasteiger partial charge in [-0.15, -0.1) is 0 Å². The van der Waals surface area contributed by atoms with E-state index < -0.39 is 0 Å². The van der Waals surface area contributed by atoms with Crippen LogP contribution in [0.3, 0.4) is 0 Å². The molecule has 0 aliphatic heterocycles. The Morgan fingerprint density at radius 3 is 2.69 bits per heavy atom. The molecule has 13 heavy (non-hydrogen) atoms. The summed E-state index contributed by atoms with van der Waals surface area (Å²) in [6, 6.07) is 10.3. The van der Waals surface area contributed by atoms with Crippen LogP contribution in [0.5, 0.6) is 0 Å². The van der Waals surface area contributed by atoms with Gasteiger partial charge in [0.1, 0.15) is 0 Å². The van der Waals surface area contributed by atoms with Crippen LogP contribution in [0.2, 0.25) is 0 Å². The molecule has 1 aromatic heterocycles. The Bertz CT molecular complexity index is 376. The molecule has 0 fully saturated rings. The number of hydrogen-bond acceptors (Lipinski definition) is 1. The normalized spacial score (nSPS) is 10.8. The monoisotopic (exact) mass is 188 g/mol. The van der Waals surface area contributed by atoms with Crippen LogP contribution in [0.4, 0.5) is 0 Å². The third-order valence-corrected chi connectivity index (χ3v) is 2.38. The average molecular weight is 188 g/mol. The van der Waals surface area contributed by atoms with Crippen molar-refractivity contribution in [3.63, 3.8) is 0 Å². The zero-order valence-corrected chi connectivity index (χ0v) is 7.95. The minimum Gasteiger partial charge on any atom is -0.164 e. The zero-order valence-electron chi connectivity index (χ0n) is 7.13. The first-order chi connectivity index (χ1) is 6.45. The highest BCUT2D eigenvalue weighted by molar-refractivity contribution is 7.07. The van der Waals surface area contributed by atoms with Gasteiger partial charge in [-0.05, 0) is 5.56 Å². The van der Waals surface area contributed by atoms with Gasteiger partial charge in [-0.1, -0.05) is 41.7 Å². The first-order valence-corrected chi connectivity index (χ1v) is 5.05. The molecule has 0 aliphatic carbocycles. The highest BCUT2D eigenvalue weighted by Gasteiger charge is 1.91. The molecule has 0 saturated heterocycles. The molecule has 0 amide bonds. The number of rotatable bonds is 2. The van der Waals surface area contributed by atoms with Crippen LogP contribution < -0.4 is 4.57 Å². The van der Waals surface area contributed by atoms with Crippen LogP contribution >= 0.6 is 11.3 Å². The van der Waals surface area contributed by atoms with Gasteiger partial charge in [0.2, 0.25) is 5.51 Å². The fourth-order valence-electron chi connectivity index (χ4n) is 1.07. The Morgan fingerprint density at radius 2 is 2.00 bits per heavy atom. The lowest BCUT2D eigenvalue weighted by molar-refractivity contribution is -0.561. The summed E-state index contributed by atoms with van der Waals surface area (Å²) < 4.78 is 2.04. The predicted octanol–water partition coefficient (Wildman–Crippen LogP) is 2.66. The van der Waals surface area contributed by atoms with Crippen LogP contribution in [0.1, 0.15) is 5.56 Å². The quantitative estimate of drug-likeness (QED) is 0.638. The Morgan fingerprint density at radius 1 is 1.15 bits per heavy atom. The van der Waals surface area contributed by atoms with Crippen molar-refractivity contribution in [3.8, 4) is 0 Å². The molecule has 0 atom stereocenters. The number of nitrogens with zero attached hydrogens (tertiary/aromatic N) is 1. The lowest BCUT2D eigenvalue weighted by atomic mass is 10.2. The molecular weight excluding hydrogens is 178 g/mol. The minimum absolute atomic E-state index is 1.22. The molecule has 2 aromatic rings. The smallest absolute Gasteiger partial charge is 0.164 e. The molecule has 0 saturated carbocycles. The maximum atomic E-state index is 2.09. The van der Waals surface area contributed by atoms with Crippen LogP contribution in [0, 0.1) is 0 Å².